The molecule has 0 bridgehead atoms. The van der Waals surface area contributed by atoms with Gasteiger partial charge in [0.15, 0.2) is 0 Å². The molecule has 6 heteroatoms. The van der Waals surface area contributed by atoms with E-state index >= 15 is 0 Å². The first kappa shape index (κ1) is 11.4. The van der Waals surface area contributed by atoms with Crippen LogP contribution in [0.1, 0.15) is 22.7 Å². The third-order valence-corrected chi connectivity index (χ3v) is 2.50. The van der Waals surface area contributed by atoms with Crippen molar-refractivity contribution in [2.45, 2.75) is 27.3 Å². The van der Waals surface area contributed by atoms with Crippen LogP contribution in [0.15, 0.2) is 10.6 Å². The van der Waals surface area contributed by atoms with Crippen LogP contribution < -0.4 is 11.1 Å². The van der Waals surface area contributed by atoms with Crippen molar-refractivity contribution < 1.29 is 4.52 Å². The van der Waals surface area contributed by atoms with Crippen LogP contribution in [0.4, 0.5) is 11.8 Å². The molecule has 0 unspecified atom stereocenters. The lowest BCUT2D eigenvalue weighted by Crippen LogP contribution is -2.06. The number of nitrogen functional groups attached to an aromatic ring is 1. The lowest BCUT2D eigenvalue weighted by atomic mass is 10.2. The number of hydrogen-bond acceptors (Lipinski definition) is 6. The molecule has 0 fully saturated rings. The van der Waals surface area contributed by atoms with Crippen LogP contribution in [0.5, 0.6) is 0 Å². The molecule has 17 heavy (non-hydrogen) atoms. The molecule has 0 spiro atoms. The normalized spacial score (nSPS) is 10.5. The zero-order valence-electron chi connectivity index (χ0n) is 10.1. The average Bonchev–Trinajstić information content (AvgIpc) is 2.55. The second kappa shape index (κ2) is 4.40. The zero-order chi connectivity index (χ0) is 12.4. The van der Waals surface area contributed by atoms with E-state index in [0.29, 0.717) is 12.4 Å². The van der Waals surface area contributed by atoms with Crippen LogP contribution in [0.3, 0.4) is 0 Å². The number of anilines is 2. The zero-order valence-corrected chi connectivity index (χ0v) is 10.1. The van der Waals surface area contributed by atoms with E-state index in [4.69, 9.17) is 10.3 Å². The number of aromatic nitrogens is 3. The second-order valence-corrected chi connectivity index (χ2v) is 3.91. The molecule has 0 aliphatic rings. The van der Waals surface area contributed by atoms with Gasteiger partial charge in [0.05, 0.1) is 5.69 Å². The Balaban J connectivity index is 2.12. The summed E-state index contributed by atoms with van der Waals surface area (Å²) in [5.41, 5.74) is 8.33. The number of rotatable bonds is 3. The molecule has 2 aromatic heterocycles. The maximum Gasteiger partial charge on any atom is 0.222 e. The summed E-state index contributed by atoms with van der Waals surface area (Å²) in [7, 11) is 0. The van der Waals surface area contributed by atoms with Gasteiger partial charge in [-0.15, -0.1) is 0 Å². The van der Waals surface area contributed by atoms with E-state index in [1.807, 2.05) is 26.8 Å². The summed E-state index contributed by atoms with van der Waals surface area (Å²) in [6.07, 6.45) is 0. The molecule has 0 aromatic carbocycles. The van der Waals surface area contributed by atoms with Gasteiger partial charge in [-0.3, -0.25) is 0 Å². The first-order valence-electron chi connectivity index (χ1n) is 5.33. The molecule has 90 valence electrons. The Morgan fingerprint density at radius 3 is 2.65 bits per heavy atom. The molecule has 2 heterocycles. The van der Waals surface area contributed by atoms with Crippen molar-refractivity contribution in [3.05, 3.63) is 28.8 Å². The molecule has 6 nitrogen and oxygen atoms in total. The Hall–Kier alpha value is -2.11. The van der Waals surface area contributed by atoms with Gasteiger partial charge in [0.25, 0.3) is 0 Å². The summed E-state index contributed by atoms with van der Waals surface area (Å²) in [5.74, 6) is 1.79. The van der Waals surface area contributed by atoms with Gasteiger partial charge in [-0.05, 0) is 20.8 Å². The number of hydrogen-bond donors (Lipinski definition) is 2. The largest absolute Gasteiger partial charge is 0.368 e. The van der Waals surface area contributed by atoms with Crippen molar-refractivity contribution >= 4 is 11.8 Å². The van der Waals surface area contributed by atoms with Crippen molar-refractivity contribution in [1.29, 1.82) is 0 Å². The molecule has 2 rings (SSSR count). The Morgan fingerprint density at radius 1 is 1.29 bits per heavy atom. The van der Waals surface area contributed by atoms with Gasteiger partial charge in [0.2, 0.25) is 5.95 Å². The molecule has 0 saturated carbocycles. The summed E-state index contributed by atoms with van der Waals surface area (Å²) in [4.78, 5) is 8.11. The second-order valence-electron chi connectivity index (χ2n) is 3.91. The molecule has 0 atom stereocenters. The van der Waals surface area contributed by atoms with E-state index in [1.54, 1.807) is 0 Å². The van der Waals surface area contributed by atoms with Crippen LogP contribution in [-0.2, 0) is 6.54 Å². The predicted octanol–water partition coefficient (Wildman–Crippen LogP) is 1.58. The van der Waals surface area contributed by atoms with Crippen molar-refractivity contribution in [3.8, 4) is 0 Å². The van der Waals surface area contributed by atoms with Crippen LogP contribution in [-0.4, -0.2) is 15.1 Å². The smallest absolute Gasteiger partial charge is 0.222 e. The van der Waals surface area contributed by atoms with Gasteiger partial charge < -0.3 is 15.6 Å². The fourth-order valence-electron chi connectivity index (χ4n) is 1.62. The Bertz CT molecular complexity index is 495. The van der Waals surface area contributed by atoms with Gasteiger partial charge in [0.1, 0.15) is 11.6 Å². The van der Waals surface area contributed by atoms with E-state index in [9.17, 15) is 0 Å². The van der Waals surface area contributed by atoms with Crippen molar-refractivity contribution in [1.82, 2.24) is 15.1 Å². The topological polar surface area (TPSA) is 89.9 Å². The summed E-state index contributed by atoms with van der Waals surface area (Å²) in [5, 5.41) is 7.07. The summed E-state index contributed by atoms with van der Waals surface area (Å²) >= 11 is 0. The molecule has 0 saturated heterocycles. The first-order valence-corrected chi connectivity index (χ1v) is 5.33. The number of nitrogens with zero attached hydrogens (tertiary/aromatic N) is 3. The van der Waals surface area contributed by atoms with E-state index < -0.39 is 0 Å². The average molecular weight is 233 g/mol. The molecule has 0 radical (unpaired) electrons. The highest BCUT2D eigenvalue weighted by Gasteiger charge is 2.08. The molecule has 0 aliphatic carbocycles. The Kier molecular flexibility index (Phi) is 2.95. The number of aryl methyl sites for hydroxylation is 3. The molecular weight excluding hydrogens is 218 g/mol. The van der Waals surface area contributed by atoms with Crippen molar-refractivity contribution in [2.24, 2.45) is 0 Å². The monoisotopic (exact) mass is 233 g/mol. The minimum atomic E-state index is 0.270. The highest BCUT2D eigenvalue weighted by atomic mass is 16.5. The minimum absolute atomic E-state index is 0.270. The highest BCUT2D eigenvalue weighted by molar-refractivity contribution is 5.41. The van der Waals surface area contributed by atoms with Crippen LogP contribution in [0, 0.1) is 20.8 Å². The quantitative estimate of drug-likeness (QED) is 0.836. The predicted molar refractivity (Wildman–Crippen MR) is 64.5 cm³/mol. The summed E-state index contributed by atoms with van der Waals surface area (Å²) < 4.78 is 5.08. The van der Waals surface area contributed by atoms with E-state index in [1.165, 1.54) is 0 Å². The van der Waals surface area contributed by atoms with Crippen molar-refractivity contribution in [3.63, 3.8) is 0 Å². The Morgan fingerprint density at radius 2 is 2.06 bits per heavy atom. The summed E-state index contributed by atoms with van der Waals surface area (Å²) in [6, 6.07) is 1.84. The van der Waals surface area contributed by atoms with Gasteiger partial charge in [-0.2, -0.15) is 4.98 Å². The van der Waals surface area contributed by atoms with Crippen LogP contribution >= 0.6 is 0 Å². The van der Waals surface area contributed by atoms with Crippen molar-refractivity contribution in [2.75, 3.05) is 11.1 Å². The van der Waals surface area contributed by atoms with E-state index in [0.717, 1.165) is 22.7 Å². The standard InChI is InChI=1S/C11H15N5O/c1-6-4-10(15-11(12)14-6)13-5-9-7(2)16-17-8(9)3/h4H,5H2,1-3H3,(H3,12,13,14,15). The van der Waals surface area contributed by atoms with Gasteiger partial charge in [-0.25, -0.2) is 4.98 Å². The van der Waals surface area contributed by atoms with Gasteiger partial charge >= 0.3 is 0 Å². The molecule has 0 amide bonds. The van der Waals surface area contributed by atoms with Gasteiger partial charge in [0, 0.05) is 23.9 Å². The lowest BCUT2D eigenvalue weighted by Gasteiger charge is -2.06. The lowest BCUT2D eigenvalue weighted by molar-refractivity contribution is 0.392. The first-order chi connectivity index (χ1) is 8.06. The maximum absolute atomic E-state index is 5.58. The molecular formula is C11H15N5O. The minimum Gasteiger partial charge on any atom is -0.368 e. The Labute approximate surface area is 99.2 Å². The van der Waals surface area contributed by atoms with E-state index in [2.05, 4.69) is 20.4 Å². The highest BCUT2D eigenvalue weighted by Crippen LogP contribution is 2.15. The molecule has 0 aliphatic heterocycles. The fraction of sp³-hybridized carbons (Fsp3) is 0.364. The maximum atomic E-state index is 5.58. The molecule has 3 N–H and O–H groups in total. The molecule has 2 aromatic rings. The van der Waals surface area contributed by atoms with Crippen LogP contribution in [0.2, 0.25) is 0 Å². The SMILES string of the molecule is Cc1cc(NCc2c(C)noc2C)nc(N)n1. The van der Waals surface area contributed by atoms with Gasteiger partial charge in [-0.1, -0.05) is 5.16 Å². The number of nitrogens with one attached hydrogen (secondary N) is 1. The van der Waals surface area contributed by atoms with E-state index in [-0.39, 0.29) is 5.95 Å². The number of nitrogens with two attached hydrogens (primary N) is 1. The fourth-order valence-corrected chi connectivity index (χ4v) is 1.62. The van der Waals surface area contributed by atoms with Crippen LogP contribution in [0.25, 0.3) is 0 Å². The summed E-state index contributed by atoms with van der Waals surface area (Å²) in [6.45, 7) is 6.28. The third kappa shape index (κ3) is 2.52. The third-order valence-electron chi connectivity index (χ3n) is 2.50.